The van der Waals surface area contributed by atoms with Gasteiger partial charge in [-0.05, 0) is 12.1 Å². The number of anilines is 1. The van der Waals surface area contributed by atoms with Gasteiger partial charge in [0.25, 0.3) is 10.0 Å². The summed E-state index contributed by atoms with van der Waals surface area (Å²) in [6.45, 7) is 0. The fourth-order valence-corrected chi connectivity index (χ4v) is 3.65. The quantitative estimate of drug-likeness (QED) is 0.869. The van der Waals surface area contributed by atoms with E-state index in [2.05, 4.69) is 9.71 Å². The summed E-state index contributed by atoms with van der Waals surface area (Å²) in [5.41, 5.74) is 0.948. The standard InChI is InChI=1S/C11H10N2O5S2/c1-18-8-4-2-3-7(5-8)13-20(16,17)11-9(10(14)15)12-6-19-11/h2-6,13H,1H3,(H,14,15). The van der Waals surface area contributed by atoms with Gasteiger partial charge in [-0.1, -0.05) is 6.07 Å². The zero-order valence-electron chi connectivity index (χ0n) is 10.2. The minimum Gasteiger partial charge on any atom is -0.497 e. The lowest BCUT2D eigenvalue weighted by Crippen LogP contribution is -2.15. The molecular formula is C11H10N2O5S2. The minimum absolute atomic E-state index is 0.272. The number of nitrogens with zero attached hydrogens (tertiary/aromatic N) is 1. The number of carbonyl (C=O) groups is 1. The molecule has 1 aromatic carbocycles. The second-order valence-electron chi connectivity index (χ2n) is 3.63. The van der Waals surface area contributed by atoms with Crippen LogP contribution in [0.4, 0.5) is 5.69 Å². The summed E-state index contributed by atoms with van der Waals surface area (Å²) in [4.78, 5) is 14.4. The van der Waals surface area contributed by atoms with Crippen molar-refractivity contribution in [2.45, 2.75) is 4.21 Å². The summed E-state index contributed by atoms with van der Waals surface area (Å²) >= 11 is 0.740. The van der Waals surface area contributed by atoms with Crippen molar-refractivity contribution in [3.8, 4) is 5.75 Å². The van der Waals surface area contributed by atoms with Crippen molar-refractivity contribution in [3.05, 3.63) is 35.5 Å². The maximum Gasteiger partial charge on any atom is 0.356 e. The van der Waals surface area contributed by atoms with E-state index in [4.69, 9.17) is 9.84 Å². The molecule has 7 nitrogen and oxygen atoms in total. The average Bonchev–Trinajstić information content (AvgIpc) is 2.88. The van der Waals surface area contributed by atoms with Crippen molar-refractivity contribution >= 4 is 33.0 Å². The van der Waals surface area contributed by atoms with Crippen molar-refractivity contribution in [1.29, 1.82) is 0 Å². The molecule has 0 aliphatic carbocycles. The van der Waals surface area contributed by atoms with Gasteiger partial charge >= 0.3 is 5.97 Å². The molecule has 1 aromatic heterocycles. The SMILES string of the molecule is COc1cccc(NS(=O)(=O)c2scnc2C(=O)O)c1. The van der Waals surface area contributed by atoms with Crippen LogP contribution in [0.25, 0.3) is 0 Å². The van der Waals surface area contributed by atoms with Crippen LogP contribution in [0, 0.1) is 0 Å². The van der Waals surface area contributed by atoms with Crippen LogP contribution in [0.15, 0.2) is 34.0 Å². The van der Waals surface area contributed by atoms with E-state index in [1.807, 2.05) is 0 Å². The monoisotopic (exact) mass is 314 g/mol. The molecule has 0 atom stereocenters. The highest BCUT2D eigenvalue weighted by Crippen LogP contribution is 2.24. The summed E-state index contributed by atoms with van der Waals surface area (Å²) in [5.74, 6) is -0.912. The van der Waals surface area contributed by atoms with Crippen LogP contribution < -0.4 is 9.46 Å². The van der Waals surface area contributed by atoms with Crippen LogP contribution in [0.5, 0.6) is 5.75 Å². The van der Waals surface area contributed by atoms with Gasteiger partial charge in [0.1, 0.15) is 5.75 Å². The molecule has 0 aliphatic rings. The number of nitrogens with one attached hydrogen (secondary N) is 1. The molecule has 0 unspecified atom stereocenters. The lowest BCUT2D eigenvalue weighted by atomic mass is 10.3. The van der Waals surface area contributed by atoms with E-state index in [-0.39, 0.29) is 9.90 Å². The zero-order chi connectivity index (χ0) is 14.8. The Labute approximate surface area is 118 Å². The van der Waals surface area contributed by atoms with E-state index < -0.39 is 21.7 Å². The van der Waals surface area contributed by atoms with Crippen molar-refractivity contribution in [2.24, 2.45) is 0 Å². The molecule has 0 radical (unpaired) electrons. The van der Waals surface area contributed by atoms with E-state index in [0.29, 0.717) is 5.75 Å². The third-order valence-corrected chi connectivity index (χ3v) is 5.05. The summed E-state index contributed by atoms with van der Waals surface area (Å²) in [6.07, 6.45) is 0. The van der Waals surface area contributed by atoms with E-state index in [1.165, 1.54) is 24.8 Å². The fourth-order valence-electron chi connectivity index (χ4n) is 1.46. The van der Waals surface area contributed by atoms with Crippen LogP contribution in [-0.4, -0.2) is 31.6 Å². The summed E-state index contributed by atoms with van der Waals surface area (Å²) in [7, 11) is -2.54. The van der Waals surface area contributed by atoms with E-state index >= 15 is 0 Å². The average molecular weight is 314 g/mol. The van der Waals surface area contributed by atoms with Gasteiger partial charge in [-0.25, -0.2) is 18.2 Å². The van der Waals surface area contributed by atoms with Crippen molar-refractivity contribution in [3.63, 3.8) is 0 Å². The number of hydrogen-bond donors (Lipinski definition) is 2. The van der Waals surface area contributed by atoms with Crippen molar-refractivity contribution in [1.82, 2.24) is 4.98 Å². The summed E-state index contributed by atoms with van der Waals surface area (Å²) in [6, 6.07) is 6.29. The Morgan fingerprint density at radius 3 is 2.85 bits per heavy atom. The number of aromatic nitrogens is 1. The number of benzene rings is 1. The Balaban J connectivity index is 2.35. The van der Waals surface area contributed by atoms with E-state index in [9.17, 15) is 13.2 Å². The van der Waals surface area contributed by atoms with Crippen LogP contribution in [0.1, 0.15) is 10.5 Å². The molecule has 0 saturated heterocycles. The molecule has 0 spiro atoms. The first-order valence-electron chi connectivity index (χ1n) is 5.27. The number of hydrogen-bond acceptors (Lipinski definition) is 6. The minimum atomic E-state index is -4.00. The Hall–Kier alpha value is -2.13. The lowest BCUT2D eigenvalue weighted by molar-refractivity contribution is 0.0687. The van der Waals surface area contributed by atoms with Gasteiger partial charge in [-0.15, -0.1) is 11.3 Å². The molecule has 1 heterocycles. The maximum absolute atomic E-state index is 12.1. The highest BCUT2D eigenvalue weighted by Gasteiger charge is 2.25. The number of thiazole rings is 1. The van der Waals surface area contributed by atoms with Gasteiger partial charge in [0, 0.05) is 6.07 Å². The Morgan fingerprint density at radius 1 is 1.45 bits per heavy atom. The Morgan fingerprint density at radius 2 is 2.20 bits per heavy atom. The normalized spacial score (nSPS) is 11.1. The van der Waals surface area contributed by atoms with Crippen LogP contribution >= 0.6 is 11.3 Å². The molecule has 2 rings (SSSR count). The maximum atomic E-state index is 12.1. The van der Waals surface area contributed by atoms with Gasteiger partial charge in [0.15, 0.2) is 9.90 Å². The fraction of sp³-hybridized carbons (Fsp3) is 0.0909. The molecule has 9 heteroatoms. The first-order chi connectivity index (χ1) is 9.44. The second-order valence-corrected chi connectivity index (χ2v) is 6.36. The van der Waals surface area contributed by atoms with Crippen LogP contribution in [0.2, 0.25) is 0 Å². The Bertz CT molecular complexity index is 739. The summed E-state index contributed by atoms with van der Waals surface area (Å²) < 4.78 is 31.2. The number of methoxy groups -OCH3 is 1. The summed E-state index contributed by atoms with van der Waals surface area (Å²) in [5, 5.41) is 8.90. The lowest BCUT2D eigenvalue weighted by Gasteiger charge is -2.08. The third kappa shape index (κ3) is 2.89. The topological polar surface area (TPSA) is 106 Å². The number of rotatable bonds is 5. The Kier molecular flexibility index (Phi) is 3.91. The number of carboxylic acid groups (broad SMARTS) is 1. The molecule has 0 saturated carbocycles. The molecule has 2 N–H and O–H groups in total. The van der Waals surface area contributed by atoms with Gasteiger partial charge < -0.3 is 9.84 Å². The molecule has 0 bridgehead atoms. The van der Waals surface area contributed by atoms with Crippen LogP contribution in [0.3, 0.4) is 0 Å². The van der Waals surface area contributed by atoms with E-state index in [0.717, 1.165) is 11.3 Å². The van der Waals surface area contributed by atoms with E-state index in [1.54, 1.807) is 12.1 Å². The van der Waals surface area contributed by atoms with Crippen molar-refractivity contribution < 1.29 is 23.1 Å². The number of carboxylic acids is 1. The molecule has 0 amide bonds. The van der Waals surface area contributed by atoms with Gasteiger partial charge in [0.2, 0.25) is 0 Å². The molecule has 20 heavy (non-hydrogen) atoms. The van der Waals surface area contributed by atoms with Gasteiger partial charge in [-0.3, -0.25) is 4.72 Å². The number of ether oxygens (including phenoxy) is 1. The highest BCUT2D eigenvalue weighted by molar-refractivity contribution is 7.94. The first-order valence-corrected chi connectivity index (χ1v) is 7.64. The predicted molar refractivity (Wildman–Crippen MR) is 72.9 cm³/mol. The largest absolute Gasteiger partial charge is 0.497 e. The van der Waals surface area contributed by atoms with Crippen molar-refractivity contribution in [2.75, 3.05) is 11.8 Å². The zero-order valence-corrected chi connectivity index (χ0v) is 11.9. The van der Waals surface area contributed by atoms with Gasteiger partial charge in [0.05, 0.1) is 18.3 Å². The molecule has 0 aliphatic heterocycles. The second kappa shape index (κ2) is 5.47. The first kappa shape index (κ1) is 14.3. The third-order valence-electron chi connectivity index (χ3n) is 2.30. The molecule has 0 fully saturated rings. The molecule has 2 aromatic rings. The smallest absolute Gasteiger partial charge is 0.356 e. The molecule has 106 valence electrons. The van der Waals surface area contributed by atoms with Gasteiger partial charge in [-0.2, -0.15) is 0 Å². The number of aromatic carboxylic acids is 1. The molecular weight excluding hydrogens is 304 g/mol. The van der Waals surface area contributed by atoms with Crippen LogP contribution in [-0.2, 0) is 10.0 Å². The highest BCUT2D eigenvalue weighted by atomic mass is 32.2. The number of sulfonamides is 1. The predicted octanol–water partition coefficient (Wildman–Crippen LogP) is 1.65.